The Labute approximate surface area is 112 Å². The number of carboxylic acids is 2. The highest BCUT2D eigenvalue weighted by atomic mass is 16.7. The van der Waals surface area contributed by atoms with Crippen LogP contribution >= 0.6 is 0 Å². The Kier molecular flexibility index (Phi) is 12.5. The highest BCUT2D eigenvalue weighted by molar-refractivity contribution is 5.69. The first-order valence-electron chi connectivity index (χ1n) is 5.39. The third-order valence-electron chi connectivity index (χ3n) is 2.13. The minimum atomic E-state index is -0.927. The van der Waals surface area contributed by atoms with Gasteiger partial charge in [-0.05, 0) is 6.92 Å². The summed E-state index contributed by atoms with van der Waals surface area (Å²) in [6.45, 7) is 1.53. The normalized spacial score (nSPS) is 11.9. The van der Waals surface area contributed by atoms with Crippen LogP contribution in [0.3, 0.4) is 0 Å². The summed E-state index contributed by atoms with van der Waals surface area (Å²) in [6.07, 6.45) is -1.40. The zero-order valence-corrected chi connectivity index (χ0v) is 11.8. The van der Waals surface area contributed by atoms with Gasteiger partial charge in [0.05, 0.1) is 6.42 Å². The van der Waals surface area contributed by atoms with Gasteiger partial charge in [-0.3, -0.25) is 9.59 Å². The molecule has 0 aromatic rings. The SMILES string of the molecule is COC(CC(=O)O)OC.COC(OC)C(C)C(=O)O. The van der Waals surface area contributed by atoms with Crippen molar-refractivity contribution in [3.63, 3.8) is 0 Å². The number of methoxy groups -OCH3 is 4. The van der Waals surface area contributed by atoms with Crippen LogP contribution in [-0.4, -0.2) is 63.2 Å². The van der Waals surface area contributed by atoms with Crippen molar-refractivity contribution < 1.29 is 38.7 Å². The average Bonchev–Trinajstić information content (AvgIpc) is 2.37. The van der Waals surface area contributed by atoms with Crippen LogP contribution in [0.1, 0.15) is 13.3 Å². The molecule has 0 aliphatic rings. The van der Waals surface area contributed by atoms with E-state index < -0.39 is 30.4 Å². The van der Waals surface area contributed by atoms with Crippen molar-refractivity contribution in [2.75, 3.05) is 28.4 Å². The predicted molar refractivity (Wildman–Crippen MR) is 64.7 cm³/mol. The van der Waals surface area contributed by atoms with Gasteiger partial charge in [-0.25, -0.2) is 0 Å². The van der Waals surface area contributed by atoms with Crippen molar-refractivity contribution in [1.29, 1.82) is 0 Å². The van der Waals surface area contributed by atoms with Crippen LogP contribution in [0.2, 0.25) is 0 Å². The predicted octanol–water partition coefficient (Wildman–Crippen LogP) is 0.406. The van der Waals surface area contributed by atoms with Gasteiger partial charge < -0.3 is 29.2 Å². The van der Waals surface area contributed by atoms with Gasteiger partial charge >= 0.3 is 11.9 Å². The molecule has 0 aromatic heterocycles. The first kappa shape index (κ1) is 20.1. The summed E-state index contributed by atoms with van der Waals surface area (Å²) in [5.74, 6) is -2.48. The first-order valence-corrected chi connectivity index (χ1v) is 5.39. The Morgan fingerprint density at radius 2 is 1.37 bits per heavy atom. The molecule has 0 heterocycles. The summed E-state index contributed by atoms with van der Waals surface area (Å²) in [4.78, 5) is 20.3. The lowest BCUT2D eigenvalue weighted by Crippen LogP contribution is -2.28. The molecular weight excluding hydrogens is 260 g/mol. The van der Waals surface area contributed by atoms with E-state index in [0.717, 1.165) is 0 Å². The van der Waals surface area contributed by atoms with E-state index in [9.17, 15) is 9.59 Å². The number of ether oxygens (including phenoxy) is 4. The van der Waals surface area contributed by atoms with Gasteiger partial charge in [0, 0.05) is 28.4 Å². The van der Waals surface area contributed by atoms with E-state index in [1.165, 1.54) is 35.4 Å². The largest absolute Gasteiger partial charge is 0.481 e. The summed E-state index contributed by atoms with van der Waals surface area (Å²) in [5.41, 5.74) is 0. The summed E-state index contributed by atoms with van der Waals surface area (Å²) < 4.78 is 18.7. The molecular formula is C11H22O8. The van der Waals surface area contributed by atoms with Crippen molar-refractivity contribution in [2.24, 2.45) is 5.92 Å². The van der Waals surface area contributed by atoms with E-state index >= 15 is 0 Å². The molecule has 0 bridgehead atoms. The second kappa shape index (κ2) is 11.8. The van der Waals surface area contributed by atoms with Crippen molar-refractivity contribution in [3.8, 4) is 0 Å². The zero-order valence-electron chi connectivity index (χ0n) is 11.8. The molecule has 0 saturated carbocycles. The number of rotatable bonds is 8. The quantitative estimate of drug-likeness (QED) is 0.615. The molecule has 114 valence electrons. The highest BCUT2D eigenvalue weighted by Gasteiger charge is 2.22. The molecule has 0 rings (SSSR count). The monoisotopic (exact) mass is 282 g/mol. The molecule has 0 fully saturated rings. The second-order valence-electron chi connectivity index (χ2n) is 3.47. The fourth-order valence-corrected chi connectivity index (χ4v) is 1.03. The van der Waals surface area contributed by atoms with E-state index in [1.807, 2.05) is 0 Å². The van der Waals surface area contributed by atoms with E-state index in [4.69, 9.17) is 19.7 Å². The minimum absolute atomic E-state index is 0.118. The van der Waals surface area contributed by atoms with Gasteiger partial charge in [-0.1, -0.05) is 0 Å². The van der Waals surface area contributed by atoms with Gasteiger partial charge in [0.25, 0.3) is 0 Å². The van der Waals surface area contributed by atoms with Gasteiger partial charge in [0.15, 0.2) is 12.6 Å². The Morgan fingerprint density at radius 3 is 1.47 bits per heavy atom. The van der Waals surface area contributed by atoms with E-state index in [-0.39, 0.29) is 6.42 Å². The van der Waals surface area contributed by atoms with Crippen molar-refractivity contribution in [1.82, 2.24) is 0 Å². The molecule has 1 atom stereocenters. The minimum Gasteiger partial charge on any atom is -0.481 e. The van der Waals surface area contributed by atoms with Crippen LogP contribution in [-0.2, 0) is 28.5 Å². The fraction of sp³-hybridized carbons (Fsp3) is 0.818. The number of aliphatic carboxylic acids is 2. The summed E-state index contributed by atoms with van der Waals surface area (Å²) >= 11 is 0. The van der Waals surface area contributed by atoms with Crippen molar-refractivity contribution in [2.45, 2.75) is 25.9 Å². The highest BCUT2D eigenvalue weighted by Crippen LogP contribution is 2.06. The Balaban J connectivity index is 0. The second-order valence-corrected chi connectivity index (χ2v) is 3.47. The smallest absolute Gasteiger partial charge is 0.311 e. The third-order valence-corrected chi connectivity index (χ3v) is 2.13. The maximum absolute atomic E-state index is 10.3. The Morgan fingerprint density at radius 1 is 0.947 bits per heavy atom. The molecule has 0 saturated heterocycles. The van der Waals surface area contributed by atoms with Crippen molar-refractivity contribution >= 4 is 11.9 Å². The number of carboxylic acid groups (broad SMARTS) is 2. The van der Waals surface area contributed by atoms with Crippen LogP contribution in [0.25, 0.3) is 0 Å². The maximum atomic E-state index is 10.3. The van der Waals surface area contributed by atoms with Gasteiger partial charge in [-0.2, -0.15) is 0 Å². The molecule has 2 N–H and O–H groups in total. The summed E-state index contributed by atoms with van der Waals surface area (Å²) in [5, 5.41) is 16.6. The molecule has 8 heteroatoms. The van der Waals surface area contributed by atoms with E-state index in [2.05, 4.69) is 9.47 Å². The Bertz CT molecular complexity index is 247. The van der Waals surface area contributed by atoms with E-state index in [0.29, 0.717) is 0 Å². The molecule has 0 radical (unpaired) electrons. The Hall–Kier alpha value is -1.22. The van der Waals surface area contributed by atoms with Crippen LogP contribution in [0, 0.1) is 5.92 Å². The lowest BCUT2D eigenvalue weighted by atomic mass is 10.2. The molecule has 0 amide bonds. The molecule has 0 spiro atoms. The molecule has 0 aliphatic heterocycles. The van der Waals surface area contributed by atoms with Crippen molar-refractivity contribution in [3.05, 3.63) is 0 Å². The lowest BCUT2D eigenvalue weighted by Gasteiger charge is -2.16. The van der Waals surface area contributed by atoms with E-state index in [1.54, 1.807) is 0 Å². The maximum Gasteiger partial charge on any atom is 0.311 e. The zero-order chi connectivity index (χ0) is 15.4. The van der Waals surface area contributed by atoms with Crippen LogP contribution in [0.5, 0.6) is 0 Å². The molecule has 0 aromatic carbocycles. The average molecular weight is 282 g/mol. The number of hydrogen-bond donors (Lipinski definition) is 2. The first-order chi connectivity index (χ1) is 8.83. The van der Waals surface area contributed by atoms with Gasteiger partial charge in [0.1, 0.15) is 5.92 Å². The van der Waals surface area contributed by atoms with Crippen LogP contribution in [0.4, 0.5) is 0 Å². The van der Waals surface area contributed by atoms with Crippen LogP contribution in [0.15, 0.2) is 0 Å². The standard InChI is InChI=1S/C6H12O4.C5H10O4/c1-4(5(7)8)6(9-2)10-3;1-8-5(9-2)3-4(6)7/h4,6H,1-3H3,(H,7,8);5H,3H2,1-2H3,(H,6,7). The van der Waals surface area contributed by atoms with Gasteiger partial charge in [0.2, 0.25) is 0 Å². The molecule has 19 heavy (non-hydrogen) atoms. The lowest BCUT2D eigenvalue weighted by molar-refractivity contribution is -0.169. The van der Waals surface area contributed by atoms with Crippen LogP contribution < -0.4 is 0 Å². The number of hydrogen-bond acceptors (Lipinski definition) is 6. The fourth-order valence-electron chi connectivity index (χ4n) is 1.03. The number of carbonyl (C=O) groups is 2. The molecule has 8 nitrogen and oxygen atoms in total. The summed E-state index contributed by atoms with van der Waals surface area (Å²) in [7, 11) is 5.62. The summed E-state index contributed by atoms with van der Waals surface area (Å²) in [6, 6.07) is 0. The molecule has 1 unspecified atom stereocenters. The topological polar surface area (TPSA) is 112 Å². The van der Waals surface area contributed by atoms with Gasteiger partial charge in [-0.15, -0.1) is 0 Å². The molecule has 0 aliphatic carbocycles. The third kappa shape index (κ3) is 10.4.